The number of carbonyl (C=O) groups is 1. The van der Waals surface area contributed by atoms with Crippen LogP contribution in [-0.4, -0.2) is 40.7 Å². The smallest absolute Gasteiger partial charge is 0.406 e. The average Bonchev–Trinajstić information content (AvgIpc) is 3.02. The molecule has 0 spiro atoms. The zero-order valence-corrected chi connectivity index (χ0v) is 24.1. The summed E-state index contributed by atoms with van der Waals surface area (Å²) in [6.07, 6.45) is -0.348. The molecular formula is C33H26F4N4O4. The van der Waals surface area contributed by atoms with E-state index in [1.807, 2.05) is 18.2 Å². The number of anilines is 1. The zero-order valence-electron chi connectivity index (χ0n) is 24.1. The number of alkyl halides is 3. The predicted molar refractivity (Wildman–Crippen MR) is 161 cm³/mol. The molecule has 0 aliphatic heterocycles. The minimum absolute atomic E-state index is 0.0813. The largest absolute Gasteiger partial charge is 0.493 e. The van der Waals surface area contributed by atoms with Crippen molar-refractivity contribution in [3.63, 3.8) is 0 Å². The monoisotopic (exact) mass is 618 g/mol. The van der Waals surface area contributed by atoms with Gasteiger partial charge in [-0.2, -0.15) is 17.6 Å². The highest BCUT2D eigenvalue weighted by atomic mass is 19.4. The number of hydrogen-bond donors (Lipinski definition) is 1. The summed E-state index contributed by atoms with van der Waals surface area (Å²) in [7, 11) is 3.09. The van der Waals surface area contributed by atoms with E-state index in [2.05, 4.69) is 9.97 Å². The van der Waals surface area contributed by atoms with Gasteiger partial charge in [-0.3, -0.25) is 9.59 Å². The Morgan fingerprint density at radius 2 is 1.49 bits per heavy atom. The van der Waals surface area contributed by atoms with Crippen molar-refractivity contribution in [3.05, 3.63) is 113 Å². The van der Waals surface area contributed by atoms with Crippen molar-refractivity contribution in [2.75, 3.05) is 20.0 Å². The molecular weight excluding hydrogens is 592 g/mol. The molecule has 8 nitrogen and oxygen atoms in total. The van der Waals surface area contributed by atoms with Gasteiger partial charge in [0.1, 0.15) is 12.4 Å². The maximum atomic E-state index is 13.3. The summed E-state index contributed by atoms with van der Waals surface area (Å²) < 4.78 is 64.5. The molecule has 0 aliphatic rings. The number of pyridine rings is 3. The van der Waals surface area contributed by atoms with Crippen molar-refractivity contribution in [3.8, 4) is 44.9 Å². The van der Waals surface area contributed by atoms with E-state index in [1.54, 1.807) is 50.7 Å². The van der Waals surface area contributed by atoms with Crippen LogP contribution in [0.4, 0.5) is 23.4 Å². The second-order valence-corrected chi connectivity index (χ2v) is 10.1. The van der Waals surface area contributed by atoms with Crippen molar-refractivity contribution in [1.82, 2.24) is 14.5 Å². The number of nitrogens with zero attached hydrogens (tertiary/aromatic N) is 3. The lowest BCUT2D eigenvalue weighted by Crippen LogP contribution is -2.25. The molecule has 3 heterocycles. The third-order valence-corrected chi connectivity index (χ3v) is 7.04. The number of nitrogens with two attached hydrogens (primary N) is 1. The molecule has 3 aromatic heterocycles. The Bertz CT molecular complexity index is 1920. The standard InChI is InChI=1S/C33H26F4N4O4/c1-44-28-9-7-21(13-29(28)45-2)23-12-24(32(38)40-15-23)20-5-3-19(4-6-20)11-27(42)26-17-41(18-33(35,36)37)16-25(31(26)43)22-8-10-30(34)39-14-22/h3-10,12-17H,11,18H2,1-2H3,(H2,38,40). The van der Waals surface area contributed by atoms with Crippen LogP contribution in [0.3, 0.4) is 0 Å². The van der Waals surface area contributed by atoms with Crippen molar-refractivity contribution in [2.45, 2.75) is 19.1 Å². The number of ketones is 1. The van der Waals surface area contributed by atoms with Crippen LogP contribution in [0.25, 0.3) is 33.4 Å². The van der Waals surface area contributed by atoms with Gasteiger partial charge >= 0.3 is 6.18 Å². The fraction of sp³-hybridized carbons (Fsp3) is 0.152. The van der Waals surface area contributed by atoms with Crippen molar-refractivity contribution < 1.29 is 31.8 Å². The molecule has 0 atom stereocenters. The molecule has 0 unspecified atom stereocenters. The molecule has 0 aliphatic carbocycles. The van der Waals surface area contributed by atoms with Crippen molar-refractivity contribution in [2.24, 2.45) is 0 Å². The van der Waals surface area contributed by atoms with Crippen LogP contribution < -0.4 is 20.6 Å². The van der Waals surface area contributed by atoms with E-state index >= 15 is 0 Å². The first kappa shape index (κ1) is 30.9. The van der Waals surface area contributed by atoms with E-state index in [-0.39, 0.29) is 23.4 Å². The number of Topliss-reactive ketones (excluding diaryl/α,β-unsaturated/α-hetero) is 1. The molecule has 12 heteroatoms. The fourth-order valence-electron chi connectivity index (χ4n) is 4.83. The minimum Gasteiger partial charge on any atom is -0.493 e. The predicted octanol–water partition coefficient (Wildman–Crippen LogP) is 6.37. The summed E-state index contributed by atoms with van der Waals surface area (Å²) in [4.78, 5) is 34.3. The van der Waals surface area contributed by atoms with Gasteiger partial charge in [0.25, 0.3) is 0 Å². The first-order valence-electron chi connectivity index (χ1n) is 13.5. The summed E-state index contributed by atoms with van der Waals surface area (Å²) in [5, 5.41) is 0. The lowest BCUT2D eigenvalue weighted by molar-refractivity contribution is -0.140. The van der Waals surface area contributed by atoms with Gasteiger partial charge < -0.3 is 19.8 Å². The first-order chi connectivity index (χ1) is 21.5. The summed E-state index contributed by atoms with van der Waals surface area (Å²) >= 11 is 0. The van der Waals surface area contributed by atoms with Gasteiger partial charge in [-0.05, 0) is 47.0 Å². The Morgan fingerprint density at radius 3 is 2.13 bits per heavy atom. The highest BCUT2D eigenvalue weighted by Crippen LogP contribution is 2.35. The van der Waals surface area contributed by atoms with Gasteiger partial charge in [-0.25, -0.2) is 9.97 Å². The molecule has 0 bridgehead atoms. The van der Waals surface area contributed by atoms with E-state index in [4.69, 9.17) is 15.2 Å². The molecule has 0 saturated carbocycles. The maximum Gasteiger partial charge on any atom is 0.406 e. The van der Waals surface area contributed by atoms with Gasteiger partial charge in [-0.15, -0.1) is 0 Å². The molecule has 2 N–H and O–H groups in total. The summed E-state index contributed by atoms with van der Waals surface area (Å²) in [6.45, 7) is -1.43. The van der Waals surface area contributed by atoms with Gasteiger partial charge in [0.05, 0.1) is 19.8 Å². The maximum absolute atomic E-state index is 13.3. The second kappa shape index (κ2) is 12.6. The van der Waals surface area contributed by atoms with E-state index in [0.29, 0.717) is 28.2 Å². The number of methoxy groups -OCH3 is 2. The number of rotatable bonds is 9. The Balaban J connectivity index is 1.43. The topological polar surface area (TPSA) is 109 Å². The lowest BCUT2D eigenvalue weighted by atomic mass is 9.97. The van der Waals surface area contributed by atoms with Crippen LogP contribution >= 0.6 is 0 Å². The summed E-state index contributed by atoms with van der Waals surface area (Å²) in [5.41, 5.74) is 8.30. The molecule has 0 radical (unpaired) electrons. The minimum atomic E-state index is -4.61. The summed E-state index contributed by atoms with van der Waals surface area (Å²) in [5.74, 6) is -0.103. The Labute approximate surface area is 254 Å². The van der Waals surface area contributed by atoms with E-state index in [0.717, 1.165) is 40.4 Å². The number of nitrogen functional groups attached to an aromatic ring is 1. The fourth-order valence-corrected chi connectivity index (χ4v) is 4.83. The van der Waals surface area contributed by atoms with Gasteiger partial charge in [0.2, 0.25) is 5.95 Å². The number of benzene rings is 2. The molecule has 230 valence electrons. The number of halogens is 4. The third-order valence-electron chi connectivity index (χ3n) is 7.04. The number of carbonyl (C=O) groups excluding carboxylic acids is 1. The summed E-state index contributed by atoms with van der Waals surface area (Å²) in [6, 6.07) is 16.3. The third kappa shape index (κ3) is 7.01. The first-order valence-corrected chi connectivity index (χ1v) is 13.5. The molecule has 5 aromatic rings. The van der Waals surface area contributed by atoms with E-state index < -0.39 is 35.4 Å². The quantitative estimate of drug-likeness (QED) is 0.116. The van der Waals surface area contributed by atoms with Crippen molar-refractivity contribution >= 4 is 11.6 Å². The molecule has 0 fully saturated rings. The van der Waals surface area contributed by atoms with Crippen LogP contribution in [0.5, 0.6) is 11.5 Å². The van der Waals surface area contributed by atoms with Gasteiger partial charge in [0, 0.05) is 53.5 Å². The zero-order chi connectivity index (χ0) is 32.3. The highest BCUT2D eigenvalue weighted by molar-refractivity contribution is 5.98. The lowest BCUT2D eigenvalue weighted by Gasteiger charge is -2.14. The second-order valence-electron chi connectivity index (χ2n) is 10.1. The molecule has 2 aromatic carbocycles. The van der Waals surface area contributed by atoms with Crippen LogP contribution in [-0.2, 0) is 13.0 Å². The van der Waals surface area contributed by atoms with Gasteiger partial charge in [-0.1, -0.05) is 30.3 Å². The number of ether oxygens (including phenoxy) is 2. The average molecular weight is 619 g/mol. The Morgan fingerprint density at radius 1 is 0.822 bits per heavy atom. The van der Waals surface area contributed by atoms with Crippen LogP contribution in [0.1, 0.15) is 15.9 Å². The Hall–Kier alpha value is -5.52. The molecule has 5 rings (SSSR count). The van der Waals surface area contributed by atoms with E-state index in [1.165, 1.54) is 6.07 Å². The van der Waals surface area contributed by atoms with Crippen LogP contribution in [0, 0.1) is 5.95 Å². The van der Waals surface area contributed by atoms with Crippen LogP contribution in [0.2, 0.25) is 0 Å². The van der Waals surface area contributed by atoms with Crippen molar-refractivity contribution in [1.29, 1.82) is 0 Å². The highest BCUT2D eigenvalue weighted by Gasteiger charge is 2.29. The SMILES string of the molecule is COc1ccc(-c2cnc(N)c(-c3ccc(CC(=O)c4cn(CC(F)(F)F)cc(-c5ccc(F)nc5)c4=O)cc3)c2)cc1OC. The molecule has 45 heavy (non-hydrogen) atoms. The molecule has 0 amide bonds. The number of hydrogen-bond acceptors (Lipinski definition) is 7. The Kier molecular flexibility index (Phi) is 8.66. The number of aromatic nitrogens is 3. The normalized spacial score (nSPS) is 11.3. The van der Waals surface area contributed by atoms with Gasteiger partial charge in [0.15, 0.2) is 22.7 Å². The molecule has 0 saturated heterocycles. The van der Waals surface area contributed by atoms with Crippen LogP contribution in [0.15, 0.2) is 90.2 Å². The van der Waals surface area contributed by atoms with E-state index in [9.17, 15) is 27.2 Å².